The van der Waals surface area contributed by atoms with E-state index in [1.165, 1.54) is 0 Å². The maximum atomic E-state index is 12.4. The molecular weight excluding hydrogens is 262 g/mol. The third kappa shape index (κ3) is 2.55. The van der Waals surface area contributed by atoms with Crippen molar-refractivity contribution in [3.8, 4) is 0 Å². The first-order valence-electron chi connectivity index (χ1n) is 6.40. The number of nitrogens with one attached hydrogen (secondary N) is 1. The maximum absolute atomic E-state index is 12.4. The highest BCUT2D eigenvalue weighted by Crippen LogP contribution is 2.43. The van der Waals surface area contributed by atoms with E-state index in [9.17, 15) is 8.42 Å². The molecule has 1 aromatic carbocycles. The largest absolute Gasteiger partial charge is 0.381 e. The van der Waals surface area contributed by atoms with Crippen LogP contribution in [0.5, 0.6) is 0 Å². The molecule has 0 aliphatic heterocycles. The molecule has 0 aromatic heterocycles. The van der Waals surface area contributed by atoms with E-state index in [1.807, 2.05) is 19.9 Å². The first-order valence-corrected chi connectivity index (χ1v) is 7.88. The maximum Gasteiger partial charge on any atom is 0.241 e. The van der Waals surface area contributed by atoms with Gasteiger partial charge in [0.05, 0.1) is 11.0 Å². The fourth-order valence-electron chi connectivity index (χ4n) is 2.59. The van der Waals surface area contributed by atoms with Crippen molar-refractivity contribution >= 4 is 10.0 Å². The SMILES string of the molecule is COC1CC(NS(=O)(=O)c2ccccc2C)C1(C)C. The number of hydrogen-bond acceptors (Lipinski definition) is 3. The Kier molecular flexibility index (Phi) is 3.73. The van der Waals surface area contributed by atoms with Gasteiger partial charge < -0.3 is 4.74 Å². The Morgan fingerprint density at radius 1 is 1.32 bits per heavy atom. The predicted molar refractivity (Wildman–Crippen MR) is 74.5 cm³/mol. The van der Waals surface area contributed by atoms with Gasteiger partial charge in [-0.25, -0.2) is 13.1 Å². The number of hydrogen-bond donors (Lipinski definition) is 1. The molecule has 1 aliphatic rings. The average Bonchev–Trinajstić information content (AvgIpc) is 2.34. The highest BCUT2D eigenvalue weighted by molar-refractivity contribution is 7.89. The molecule has 1 aromatic rings. The van der Waals surface area contributed by atoms with Crippen molar-refractivity contribution in [2.24, 2.45) is 5.41 Å². The van der Waals surface area contributed by atoms with Crippen LogP contribution in [0.2, 0.25) is 0 Å². The van der Waals surface area contributed by atoms with Crippen LogP contribution >= 0.6 is 0 Å². The van der Waals surface area contributed by atoms with Crippen LogP contribution in [-0.2, 0) is 14.8 Å². The molecule has 1 fully saturated rings. The molecule has 2 rings (SSSR count). The second-order valence-electron chi connectivity index (χ2n) is 5.72. The normalized spacial score (nSPS) is 25.9. The van der Waals surface area contributed by atoms with Crippen molar-refractivity contribution in [3.05, 3.63) is 29.8 Å². The lowest BCUT2D eigenvalue weighted by Crippen LogP contribution is -2.61. The van der Waals surface area contributed by atoms with Gasteiger partial charge in [0.2, 0.25) is 10.0 Å². The summed E-state index contributed by atoms with van der Waals surface area (Å²) in [6.45, 7) is 5.85. The summed E-state index contributed by atoms with van der Waals surface area (Å²) < 4.78 is 32.9. The highest BCUT2D eigenvalue weighted by Gasteiger charge is 2.50. The molecule has 0 radical (unpaired) electrons. The molecule has 1 saturated carbocycles. The van der Waals surface area contributed by atoms with Crippen molar-refractivity contribution in [1.82, 2.24) is 4.72 Å². The summed E-state index contributed by atoms with van der Waals surface area (Å²) in [7, 11) is -1.79. The van der Waals surface area contributed by atoms with Gasteiger partial charge in [-0.3, -0.25) is 0 Å². The molecule has 106 valence electrons. The van der Waals surface area contributed by atoms with Crippen molar-refractivity contribution in [2.45, 2.75) is 44.2 Å². The Bertz CT molecular complexity index is 566. The molecule has 2 atom stereocenters. The van der Waals surface area contributed by atoms with Crippen molar-refractivity contribution in [3.63, 3.8) is 0 Å². The van der Waals surface area contributed by atoms with Crippen molar-refractivity contribution in [2.75, 3.05) is 7.11 Å². The summed E-state index contributed by atoms with van der Waals surface area (Å²) in [6, 6.07) is 6.94. The zero-order valence-corrected chi connectivity index (χ0v) is 12.6. The van der Waals surface area contributed by atoms with Crippen molar-refractivity contribution in [1.29, 1.82) is 0 Å². The van der Waals surface area contributed by atoms with E-state index in [-0.39, 0.29) is 17.6 Å². The Morgan fingerprint density at radius 3 is 2.47 bits per heavy atom. The van der Waals surface area contributed by atoms with Crippen molar-refractivity contribution < 1.29 is 13.2 Å². The fourth-order valence-corrected chi connectivity index (χ4v) is 4.25. The summed E-state index contributed by atoms with van der Waals surface area (Å²) in [6.07, 6.45) is 0.825. The van der Waals surface area contributed by atoms with E-state index in [1.54, 1.807) is 32.2 Å². The van der Waals surface area contributed by atoms with Crippen LogP contribution in [0.3, 0.4) is 0 Å². The van der Waals surface area contributed by atoms with E-state index in [0.29, 0.717) is 11.3 Å². The number of rotatable bonds is 4. The van der Waals surface area contributed by atoms with E-state index in [2.05, 4.69) is 4.72 Å². The smallest absolute Gasteiger partial charge is 0.241 e. The summed E-state index contributed by atoms with van der Waals surface area (Å²) in [5.41, 5.74) is 0.584. The molecule has 19 heavy (non-hydrogen) atoms. The first kappa shape index (κ1) is 14.5. The van der Waals surface area contributed by atoms with Crippen LogP contribution in [0.1, 0.15) is 25.8 Å². The monoisotopic (exact) mass is 283 g/mol. The van der Waals surface area contributed by atoms with Crippen LogP contribution < -0.4 is 4.72 Å². The Balaban J connectivity index is 2.19. The Morgan fingerprint density at radius 2 is 1.95 bits per heavy atom. The third-order valence-electron chi connectivity index (χ3n) is 4.14. The van der Waals surface area contributed by atoms with E-state index < -0.39 is 10.0 Å². The van der Waals surface area contributed by atoms with E-state index in [0.717, 1.165) is 5.56 Å². The minimum absolute atomic E-state index is 0.0814. The fraction of sp³-hybridized carbons (Fsp3) is 0.571. The molecule has 0 bridgehead atoms. The van der Waals surface area contributed by atoms with Crippen LogP contribution in [-0.4, -0.2) is 27.7 Å². The molecule has 1 aliphatic carbocycles. The summed E-state index contributed by atoms with van der Waals surface area (Å²) in [5, 5.41) is 0. The van der Waals surface area contributed by atoms with Gasteiger partial charge in [0, 0.05) is 18.6 Å². The molecule has 4 nitrogen and oxygen atoms in total. The summed E-state index contributed by atoms with van der Waals surface area (Å²) >= 11 is 0. The average molecular weight is 283 g/mol. The van der Waals surface area contributed by atoms with Gasteiger partial charge in [-0.15, -0.1) is 0 Å². The highest BCUT2D eigenvalue weighted by atomic mass is 32.2. The zero-order chi connectivity index (χ0) is 14.3. The molecule has 0 saturated heterocycles. The standard InChI is InChI=1S/C14H21NO3S/c1-10-7-5-6-8-11(10)19(16,17)15-12-9-13(18-4)14(12,2)3/h5-8,12-13,15H,9H2,1-4H3. The number of benzene rings is 1. The molecular formula is C14H21NO3S. The van der Waals surface area contributed by atoms with Gasteiger partial charge in [-0.2, -0.15) is 0 Å². The first-order chi connectivity index (χ1) is 8.79. The second kappa shape index (κ2) is 4.89. The lowest BCUT2D eigenvalue weighted by atomic mass is 9.65. The van der Waals surface area contributed by atoms with Crippen LogP contribution in [0.25, 0.3) is 0 Å². The molecule has 0 amide bonds. The lowest BCUT2D eigenvalue weighted by Gasteiger charge is -2.50. The molecule has 1 N–H and O–H groups in total. The summed E-state index contributed by atoms with van der Waals surface area (Å²) in [4.78, 5) is 0.353. The molecule has 0 heterocycles. The van der Waals surface area contributed by atoms with Crippen LogP contribution in [0.15, 0.2) is 29.2 Å². The van der Waals surface area contributed by atoms with Gasteiger partial charge in [-0.1, -0.05) is 32.0 Å². The molecule has 0 spiro atoms. The van der Waals surface area contributed by atoms with E-state index >= 15 is 0 Å². The lowest BCUT2D eigenvalue weighted by molar-refractivity contribution is -0.0908. The number of methoxy groups -OCH3 is 1. The topological polar surface area (TPSA) is 55.4 Å². The van der Waals surface area contributed by atoms with Gasteiger partial charge in [0.1, 0.15) is 0 Å². The number of sulfonamides is 1. The minimum Gasteiger partial charge on any atom is -0.381 e. The third-order valence-corrected chi connectivity index (χ3v) is 5.77. The predicted octanol–water partition coefficient (Wildman–Crippen LogP) is 2.09. The van der Waals surface area contributed by atoms with Gasteiger partial charge >= 0.3 is 0 Å². The Labute approximate surface area is 115 Å². The van der Waals surface area contributed by atoms with Gasteiger partial charge in [-0.05, 0) is 25.0 Å². The van der Waals surface area contributed by atoms with Gasteiger partial charge in [0.25, 0.3) is 0 Å². The second-order valence-corrected chi connectivity index (χ2v) is 7.40. The minimum atomic E-state index is -3.46. The van der Waals surface area contributed by atoms with E-state index in [4.69, 9.17) is 4.74 Å². The molecule has 5 heteroatoms. The summed E-state index contributed by atoms with van der Waals surface area (Å²) in [5.74, 6) is 0. The zero-order valence-electron chi connectivity index (χ0n) is 11.8. The number of aryl methyl sites for hydroxylation is 1. The number of ether oxygens (including phenoxy) is 1. The quantitative estimate of drug-likeness (QED) is 0.920. The Hall–Kier alpha value is -0.910. The van der Waals surface area contributed by atoms with Gasteiger partial charge in [0.15, 0.2) is 0 Å². The van der Waals surface area contributed by atoms with Crippen LogP contribution in [0, 0.1) is 12.3 Å². The molecule has 2 unspecified atom stereocenters. The van der Waals surface area contributed by atoms with Crippen LogP contribution in [0.4, 0.5) is 0 Å².